The average molecular weight is 367 g/mol. The summed E-state index contributed by atoms with van der Waals surface area (Å²) in [4.78, 5) is 11.5. The maximum atomic E-state index is 5.95. The van der Waals surface area contributed by atoms with Gasteiger partial charge in [-0.1, -0.05) is 41.9 Å². The number of hydrogen-bond acceptors (Lipinski definition) is 4. The molecule has 4 nitrogen and oxygen atoms in total. The molecule has 2 aromatic carbocycles. The van der Waals surface area contributed by atoms with Crippen LogP contribution in [-0.4, -0.2) is 16.0 Å². The van der Waals surface area contributed by atoms with Crippen LogP contribution in [0.4, 0.5) is 17.5 Å². The summed E-state index contributed by atoms with van der Waals surface area (Å²) in [7, 11) is 0. The van der Waals surface area contributed by atoms with E-state index >= 15 is 0 Å². The van der Waals surface area contributed by atoms with Crippen LogP contribution >= 0.6 is 11.6 Å². The third kappa shape index (κ3) is 4.73. The van der Waals surface area contributed by atoms with Crippen LogP contribution in [0.1, 0.15) is 25.1 Å². The van der Waals surface area contributed by atoms with Crippen molar-refractivity contribution in [2.24, 2.45) is 0 Å². The van der Waals surface area contributed by atoms with Gasteiger partial charge in [-0.2, -0.15) is 4.98 Å². The van der Waals surface area contributed by atoms with E-state index in [-0.39, 0.29) is 0 Å². The summed E-state index contributed by atoms with van der Waals surface area (Å²) >= 11 is 5.95. The Hall–Kier alpha value is -2.59. The van der Waals surface area contributed by atoms with Crippen molar-refractivity contribution in [3.8, 4) is 0 Å². The van der Waals surface area contributed by atoms with Crippen LogP contribution in [0, 0.1) is 6.92 Å². The predicted octanol–water partition coefficient (Wildman–Crippen LogP) is 5.60. The highest BCUT2D eigenvalue weighted by molar-refractivity contribution is 6.30. The summed E-state index contributed by atoms with van der Waals surface area (Å²) in [6.45, 7) is 7.13. The van der Waals surface area contributed by atoms with Crippen molar-refractivity contribution in [3.05, 3.63) is 76.9 Å². The van der Waals surface area contributed by atoms with Crippen molar-refractivity contribution < 1.29 is 0 Å². The topological polar surface area (TPSA) is 41.1 Å². The van der Waals surface area contributed by atoms with Crippen molar-refractivity contribution in [2.75, 3.05) is 10.2 Å². The molecular formula is C21H23ClN4. The number of benzene rings is 2. The number of nitrogens with zero attached hydrogens (tertiary/aromatic N) is 3. The van der Waals surface area contributed by atoms with E-state index in [1.807, 2.05) is 43.3 Å². The molecule has 0 aliphatic carbocycles. The average Bonchev–Trinajstić information content (AvgIpc) is 2.62. The molecule has 0 amide bonds. The van der Waals surface area contributed by atoms with Gasteiger partial charge in [-0.3, -0.25) is 0 Å². The molecule has 0 saturated carbocycles. The van der Waals surface area contributed by atoms with Gasteiger partial charge in [0.1, 0.15) is 5.82 Å². The summed E-state index contributed by atoms with van der Waals surface area (Å²) in [5, 5.41) is 3.97. The molecule has 0 spiro atoms. The fourth-order valence-electron chi connectivity index (χ4n) is 2.73. The molecule has 1 heterocycles. The van der Waals surface area contributed by atoms with Crippen molar-refractivity contribution in [1.82, 2.24) is 9.97 Å². The highest BCUT2D eigenvalue weighted by Gasteiger charge is 2.15. The number of nitrogens with one attached hydrogen (secondary N) is 1. The lowest BCUT2D eigenvalue weighted by molar-refractivity contribution is 0.671. The van der Waals surface area contributed by atoms with E-state index < -0.39 is 0 Å². The molecule has 0 saturated heterocycles. The normalized spacial score (nSPS) is 10.8. The van der Waals surface area contributed by atoms with Gasteiger partial charge in [-0.25, -0.2) is 4.98 Å². The summed E-state index contributed by atoms with van der Waals surface area (Å²) in [5.41, 5.74) is 3.08. The fourth-order valence-corrected chi connectivity index (χ4v) is 2.85. The van der Waals surface area contributed by atoms with Crippen LogP contribution in [0.5, 0.6) is 0 Å². The quantitative estimate of drug-likeness (QED) is 0.616. The molecule has 0 unspecified atom stereocenters. The second kappa shape index (κ2) is 8.19. The fraction of sp³-hybridized carbons (Fsp3) is 0.238. The van der Waals surface area contributed by atoms with Crippen LogP contribution in [0.2, 0.25) is 5.02 Å². The van der Waals surface area contributed by atoms with Gasteiger partial charge in [-0.15, -0.1) is 0 Å². The Morgan fingerprint density at radius 1 is 1.00 bits per heavy atom. The molecule has 1 N–H and O–H groups in total. The Labute approximate surface area is 159 Å². The van der Waals surface area contributed by atoms with Crippen LogP contribution in [-0.2, 0) is 6.54 Å². The Kier molecular flexibility index (Phi) is 5.74. The van der Waals surface area contributed by atoms with Crippen LogP contribution in [0.25, 0.3) is 0 Å². The second-order valence-electron chi connectivity index (χ2n) is 6.53. The van der Waals surface area contributed by atoms with Gasteiger partial charge in [0.15, 0.2) is 0 Å². The maximum absolute atomic E-state index is 5.95. The highest BCUT2D eigenvalue weighted by atomic mass is 35.5. The van der Waals surface area contributed by atoms with Crippen molar-refractivity contribution in [1.29, 1.82) is 0 Å². The second-order valence-corrected chi connectivity index (χ2v) is 6.97. The van der Waals surface area contributed by atoms with Gasteiger partial charge >= 0.3 is 0 Å². The van der Waals surface area contributed by atoms with Crippen molar-refractivity contribution in [2.45, 2.75) is 33.4 Å². The molecule has 3 rings (SSSR count). The Morgan fingerprint density at radius 2 is 1.69 bits per heavy atom. The number of aromatic nitrogens is 2. The summed E-state index contributed by atoms with van der Waals surface area (Å²) in [5.74, 6) is 1.49. The third-order valence-corrected chi connectivity index (χ3v) is 4.31. The molecular weight excluding hydrogens is 344 g/mol. The zero-order valence-corrected chi connectivity index (χ0v) is 16.0. The van der Waals surface area contributed by atoms with Crippen LogP contribution in [0.3, 0.4) is 0 Å². The monoisotopic (exact) mass is 366 g/mol. The van der Waals surface area contributed by atoms with Crippen molar-refractivity contribution in [3.63, 3.8) is 0 Å². The van der Waals surface area contributed by atoms with E-state index in [0.717, 1.165) is 23.7 Å². The summed E-state index contributed by atoms with van der Waals surface area (Å²) < 4.78 is 0. The molecule has 26 heavy (non-hydrogen) atoms. The van der Waals surface area contributed by atoms with Gasteiger partial charge in [0, 0.05) is 35.1 Å². The van der Waals surface area contributed by atoms with Crippen LogP contribution < -0.4 is 10.2 Å². The lowest BCUT2D eigenvalue weighted by atomic mass is 10.2. The Morgan fingerprint density at radius 3 is 2.35 bits per heavy atom. The first kappa shape index (κ1) is 18.2. The minimum atomic E-state index is 0.313. The molecule has 1 aromatic heterocycles. The number of aryl methyl sites for hydroxylation is 1. The minimum absolute atomic E-state index is 0.313. The first-order chi connectivity index (χ1) is 12.5. The molecule has 134 valence electrons. The number of rotatable bonds is 6. The van der Waals surface area contributed by atoms with E-state index in [0.29, 0.717) is 17.0 Å². The smallest absolute Gasteiger partial charge is 0.229 e. The highest BCUT2D eigenvalue weighted by Crippen LogP contribution is 2.22. The third-order valence-electron chi connectivity index (χ3n) is 4.05. The molecule has 0 fully saturated rings. The van der Waals surface area contributed by atoms with Crippen molar-refractivity contribution >= 4 is 29.1 Å². The Balaban J connectivity index is 1.87. The van der Waals surface area contributed by atoms with E-state index in [1.54, 1.807) is 0 Å². The van der Waals surface area contributed by atoms with E-state index in [1.165, 1.54) is 5.56 Å². The zero-order valence-electron chi connectivity index (χ0n) is 15.3. The van der Waals surface area contributed by atoms with Gasteiger partial charge in [0.05, 0.1) is 0 Å². The molecule has 0 aliphatic rings. The van der Waals surface area contributed by atoms with Gasteiger partial charge in [-0.05, 0) is 50.6 Å². The zero-order chi connectivity index (χ0) is 18.5. The maximum Gasteiger partial charge on any atom is 0.229 e. The van der Waals surface area contributed by atoms with E-state index in [9.17, 15) is 0 Å². The van der Waals surface area contributed by atoms with E-state index in [2.05, 4.69) is 53.3 Å². The molecule has 3 aromatic rings. The first-order valence-corrected chi connectivity index (χ1v) is 9.08. The number of hydrogen-bond donors (Lipinski definition) is 1. The predicted molar refractivity (Wildman–Crippen MR) is 109 cm³/mol. The summed E-state index contributed by atoms with van der Waals surface area (Å²) in [6.07, 6.45) is 0. The summed E-state index contributed by atoms with van der Waals surface area (Å²) in [6, 6.07) is 20.3. The minimum Gasteiger partial charge on any atom is -0.350 e. The Bertz CT molecular complexity index is 848. The molecule has 5 heteroatoms. The molecule has 0 radical (unpaired) electrons. The molecule has 0 atom stereocenters. The SMILES string of the molecule is Cc1cc(N(Cc2ccccc2)C(C)C)nc(Nc2ccc(Cl)cc2)n1. The van der Waals surface area contributed by atoms with Gasteiger partial charge in [0.25, 0.3) is 0 Å². The number of anilines is 3. The van der Waals surface area contributed by atoms with Crippen LogP contribution in [0.15, 0.2) is 60.7 Å². The largest absolute Gasteiger partial charge is 0.350 e. The lowest BCUT2D eigenvalue weighted by Gasteiger charge is -2.28. The van der Waals surface area contributed by atoms with Gasteiger partial charge in [0.2, 0.25) is 5.95 Å². The molecule has 0 bridgehead atoms. The standard InChI is InChI=1S/C21H23ClN4/c1-15(2)26(14-17-7-5-4-6-8-17)20-13-16(3)23-21(25-20)24-19-11-9-18(22)10-12-19/h4-13,15H,14H2,1-3H3,(H,23,24,25). The number of halogens is 1. The molecule has 0 aliphatic heterocycles. The van der Waals surface area contributed by atoms with E-state index in [4.69, 9.17) is 16.6 Å². The first-order valence-electron chi connectivity index (χ1n) is 8.70. The lowest BCUT2D eigenvalue weighted by Crippen LogP contribution is -2.31. The van der Waals surface area contributed by atoms with Gasteiger partial charge < -0.3 is 10.2 Å².